The summed E-state index contributed by atoms with van der Waals surface area (Å²) < 4.78 is 36.1. The summed E-state index contributed by atoms with van der Waals surface area (Å²) in [5.41, 5.74) is 6.20. The first kappa shape index (κ1) is 21.6. The fourth-order valence-corrected chi connectivity index (χ4v) is 3.48. The molecule has 0 bridgehead atoms. The van der Waals surface area contributed by atoms with E-state index in [1.54, 1.807) is 17.1 Å². The van der Waals surface area contributed by atoms with Crippen molar-refractivity contribution in [3.63, 3.8) is 0 Å². The Balaban J connectivity index is 1.80. The number of carbonyl (C=O) groups excluding carboxylic acids is 2. The van der Waals surface area contributed by atoms with Crippen LogP contribution in [0.1, 0.15) is 5.56 Å². The molecular weight excluding hydrogens is 430 g/mol. The van der Waals surface area contributed by atoms with E-state index in [2.05, 4.69) is 25.1 Å². The molecule has 2 aromatic heterocycles. The number of nitrogens with two attached hydrogens (primary N) is 1. The Morgan fingerprint density at radius 2 is 1.94 bits per heavy atom. The number of aromatic nitrogens is 5. The van der Waals surface area contributed by atoms with Crippen LogP contribution in [-0.2, 0) is 26.1 Å². The first-order valence-corrected chi connectivity index (χ1v) is 10.1. The molecule has 2 heterocycles. The zero-order valence-electron chi connectivity index (χ0n) is 16.1. The van der Waals surface area contributed by atoms with Gasteiger partial charge in [0.15, 0.2) is 6.61 Å². The number of nitrogens with zero attached hydrogens (tertiary/aromatic N) is 5. The number of benzene rings is 1. The molecule has 0 saturated carbocycles. The summed E-state index contributed by atoms with van der Waals surface area (Å²) in [5, 5.41) is 12.2. The zero-order valence-corrected chi connectivity index (χ0v) is 16.9. The summed E-state index contributed by atoms with van der Waals surface area (Å²) in [7, 11) is -3.09. The third kappa shape index (κ3) is 5.51. The van der Waals surface area contributed by atoms with Crippen LogP contribution >= 0.6 is 0 Å². The van der Waals surface area contributed by atoms with Gasteiger partial charge in [0.05, 0.1) is 13.7 Å². The third-order valence-electron chi connectivity index (χ3n) is 3.80. The van der Waals surface area contributed by atoms with Crippen molar-refractivity contribution < 1.29 is 27.5 Å². The summed E-state index contributed by atoms with van der Waals surface area (Å²) in [4.78, 5) is 27.2. The van der Waals surface area contributed by atoms with E-state index >= 15 is 0 Å². The SMILES string of the molecule is COc1cc(-c2nnn(Cc3ccncc3)n2)ccc1S(=O)(=O)NC(=O)OCC(N)=O. The van der Waals surface area contributed by atoms with Crippen LogP contribution in [0.25, 0.3) is 11.4 Å². The summed E-state index contributed by atoms with van der Waals surface area (Å²) >= 11 is 0. The molecular formula is C17H17N7O6S. The van der Waals surface area contributed by atoms with Gasteiger partial charge in [-0.2, -0.15) is 4.80 Å². The van der Waals surface area contributed by atoms with Gasteiger partial charge in [-0.05, 0) is 41.1 Å². The largest absolute Gasteiger partial charge is 0.495 e. The minimum atomic E-state index is -4.35. The lowest BCUT2D eigenvalue weighted by Gasteiger charge is -2.11. The number of tetrazole rings is 1. The molecule has 0 radical (unpaired) electrons. The summed E-state index contributed by atoms with van der Waals surface area (Å²) in [5.74, 6) is -0.762. The van der Waals surface area contributed by atoms with Crippen LogP contribution in [0.2, 0.25) is 0 Å². The van der Waals surface area contributed by atoms with Crippen molar-refractivity contribution in [1.82, 2.24) is 29.9 Å². The minimum absolute atomic E-state index is 0.0711. The van der Waals surface area contributed by atoms with Crippen molar-refractivity contribution in [2.24, 2.45) is 5.73 Å². The molecule has 0 saturated heterocycles. The second-order valence-electron chi connectivity index (χ2n) is 6.01. The van der Waals surface area contributed by atoms with Gasteiger partial charge < -0.3 is 15.2 Å². The van der Waals surface area contributed by atoms with Gasteiger partial charge in [-0.25, -0.2) is 17.9 Å². The van der Waals surface area contributed by atoms with Gasteiger partial charge in [-0.15, -0.1) is 10.2 Å². The molecule has 0 aliphatic carbocycles. The Morgan fingerprint density at radius 3 is 2.61 bits per heavy atom. The highest BCUT2D eigenvalue weighted by Crippen LogP contribution is 2.28. The highest BCUT2D eigenvalue weighted by Gasteiger charge is 2.24. The van der Waals surface area contributed by atoms with E-state index < -0.39 is 28.6 Å². The average Bonchev–Trinajstić information content (AvgIpc) is 3.20. The molecule has 3 rings (SSSR count). The molecule has 3 aromatic rings. The molecule has 0 fully saturated rings. The van der Waals surface area contributed by atoms with Crippen molar-refractivity contribution in [2.45, 2.75) is 11.4 Å². The van der Waals surface area contributed by atoms with E-state index in [0.29, 0.717) is 12.1 Å². The fraction of sp³-hybridized carbons (Fsp3) is 0.176. The van der Waals surface area contributed by atoms with E-state index in [-0.39, 0.29) is 16.5 Å². The average molecular weight is 447 g/mol. The van der Waals surface area contributed by atoms with Crippen LogP contribution in [0.15, 0.2) is 47.6 Å². The smallest absolute Gasteiger partial charge is 0.421 e. The molecule has 13 nitrogen and oxygen atoms in total. The molecule has 3 N–H and O–H groups in total. The summed E-state index contributed by atoms with van der Waals surface area (Å²) in [6.45, 7) is -0.394. The van der Waals surface area contributed by atoms with Crippen LogP contribution in [0.3, 0.4) is 0 Å². The number of ether oxygens (including phenoxy) is 2. The van der Waals surface area contributed by atoms with Crippen molar-refractivity contribution in [3.05, 3.63) is 48.3 Å². The van der Waals surface area contributed by atoms with E-state index in [4.69, 9.17) is 10.5 Å². The van der Waals surface area contributed by atoms with Crippen LogP contribution in [0.5, 0.6) is 5.75 Å². The normalized spacial score (nSPS) is 11.0. The topological polar surface area (TPSA) is 181 Å². The fourth-order valence-electron chi connectivity index (χ4n) is 2.44. The van der Waals surface area contributed by atoms with Gasteiger partial charge in [-0.1, -0.05) is 0 Å². The van der Waals surface area contributed by atoms with Crippen molar-refractivity contribution >= 4 is 22.0 Å². The predicted octanol–water partition coefficient (Wildman–Crippen LogP) is -0.308. The number of primary amides is 1. The monoisotopic (exact) mass is 447 g/mol. The zero-order chi connectivity index (χ0) is 22.4. The van der Waals surface area contributed by atoms with E-state index in [9.17, 15) is 18.0 Å². The lowest BCUT2D eigenvalue weighted by atomic mass is 10.2. The third-order valence-corrected chi connectivity index (χ3v) is 5.15. The van der Waals surface area contributed by atoms with Crippen LogP contribution < -0.4 is 15.2 Å². The molecule has 14 heteroatoms. The Labute approximate surface area is 176 Å². The number of rotatable bonds is 8. The summed E-state index contributed by atoms with van der Waals surface area (Å²) in [6, 6.07) is 7.65. The van der Waals surface area contributed by atoms with E-state index in [0.717, 1.165) is 5.56 Å². The van der Waals surface area contributed by atoms with Gasteiger partial charge in [0.2, 0.25) is 5.82 Å². The number of amides is 2. The second-order valence-corrected chi connectivity index (χ2v) is 7.66. The number of methoxy groups -OCH3 is 1. The Bertz CT molecular complexity index is 1200. The number of pyridine rings is 1. The van der Waals surface area contributed by atoms with E-state index in [1.165, 1.54) is 30.1 Å². The molecule has 0 aliphatic rings. The first-order chi connectivity index (χ1) is 14.8. The van der Waals surface area contributed by atoms with Crippen LogP contribution in [0.4, 0.5) is 4.79 Å². The Kier molecular flexibility index (Phi) is 6.40. The van der Waals surface area contributed by atoms with Crippen molar-refractivity contribution in [3.8, 4) is 17.1 Å². The van der Waals surface area contributed by atoms with Crippen LogP contribution in [0, 0.1) is 0 Å². The van der Waals surface area contributed by atoms with Gasteiger partial charge in [-0.3, -0.25) is 9.78 Å². The number of hydrogen-bond donors (Lipinski definition) is 2. The van der Waals surface area contributed by atoms with Crippen molar-refractivity contribution in [2.75, 3.05) is 13.7 Å². The summed E-state index contributed by atoms with van der Waals surface area (Å²) in [6.07, 6.45) is 1.94. The molecule has 0 unspecified atom stereocenters. The Morgan fingerprint density at radius 1 is 1.19 bits per heavy atom. The first-order valence-electron chi connectivity index (χ1n) is 8.61. The standard InChI is InChI=1S/C17H17N7O6S/c1-29-13-8-12(16-20-23-24(21-16)9-11-4-6-19-7-5-11)2-3-14(13)31(27,28)22-17(26)30-10-15(18)25/h2-8H,9-10H2,1H3,(H2,18,25)(H,22,26). The number of carbonyl (C=O) groups is 2. The molecule has 0 aliphatic heterocycles. The minimum Gasteiger partial charge on any atom is -0.495 e. The molecule has 162 valence electrons. The number of hydrogen-bond acceptors (Lipinski definition) is 10. The van der Waals surface area contributed by atoms with Gasteiger partial charge in [0.25, 0.3) is 15.9 Å². The maximum Gasteiger partial charge on any atom is 0.421 e. The van der Waals surface area contributed by atoms with Gasteiger partial charge in [0.1, 0.15) is 10.6 Å². The lowest BCUT2D eigenvalue weighted by Crippen LogP contribution is -2.33. The molecule has 0 spiro atoms. The second kappa shape index (κ2) is 9.17. The highest BCUT2D eigenvalue weighted by atomic mass is 32.2. The maximum absolute atomic E-state index is 12.5. The quantitative estimate of drug-likeness (QED) is 0.465. The van der Waals surface area contributed by atoms with E-state index in [1.807, 2.05) is 12.1 Å². The predicted molar refractivity (Wildman–Crippen MR) is 104 cm³/mol. The maximum atomic E-state index is 12.5. The van der Waals surface area contributed by atoms with Crippen LogP contribution in [-0.4, -0.2) is 59.3 Å². The van der Waals surface area contributed by atoms with Gasteiger partial charge >= 0.3 is 6.09 Å². The van der Waals surface area contributed by atoms with Gasteiger partial charge in [0, 0.05) is 18.0 Å². The molecule has 0 atom stereocenters. The number of sulfonamides is 1. The molecule has 31 heavy (non-hydrogen) atoms. The number of nitrogens with one attached hydrogen (secondary N) is 1. The lowest BCUT2D eigenvalue weighted by molar-refractivity contribution is -0.120. The van der Waals surface area contributed by atoms with Crippen molar-refractivity contribution in [1.29, 1.82) is 0 Å². The molecule has 1 aromatic carbocycles. The highest BCUT2D eigenvalue weighted by molar-refractivity contribution is 7.90. The Hall–Kier alpha value is -4.07. The molecule has 2 amide bonds.